The Morgan fingerprint density at radius 3 is 2.89 bits per heavy atom. The number of methoxy groups -OCH3 is 1. The van der Waals surface area contributed by atoms with Crippen LogP contribution in [0.4, 0.5) is 10.5 Å². The van der Waals surface area contributed by atoms with Crippen molar-refractivity contribution in [1.29, 1.82) is 0 Å². The van der Waals surface area contributed by atoms with Crippen LogP contribution in [0.5, 0.6) is 11.5 Å². The van der Waals surface area contributed by atoms with Crippen molar-refractivity contribution >= 4 is 11.8 Å². The molecule has 0 radical (unpaired) electrons. The lowest BCUT2D eigenvalue weighted by molar-refractivity contribution is -0.385. The molecule has 1 aromatic rings. The summed E-state index contributed by atoms with van der Waals surface area (Å²) in [5, 5.41) is 23.3. The smallest absolute Gasteiger partial charge is 0.407 e. The van der Waals surface area contributed by atoms with Crippen molar-refractivity contribution in [2.75, 3.05) is 13.7 Å². The van der Waals surface area contributed by atoms with Crippen molar-refractivity contribution in [2.24, 2.45) is 0 Å². The number of rotatable bonds is 3. The highest BCUT2D eigenvalue weighted by molar-refractivity contribution is 5.69. The van der Waals surface area contributed by atoms with E-state index in [1.54, 1.807) is 0 Å². The van der Waals surface area contributed by atoms with Gasteiger partial charge in [-0.3, -0.25) is 10.1 Å². The average Bonchev–Trinajstić information content (AvgIpc) is 2.38. The SMILES string of the molecule is COc1cc([N+](=O)[O-])cc([C@@H]2CCOC(=O)N2)c1O. The van der Waals surface area contributed by atoms with Gasteiger partial charge in [0.15, 0.2) is 11.5 Å². The van der Waals surface area contributed by atoms with E-state index in [2.05, 4.69) is 5.32 Å². The number of non-ortho nitro benzene ring substituents is 1. The predicted octanol–water partition coefficient (Wildman–Crippen LogP) is 1.48. The molecule has 0 unspecified atom stereocenters. The van der Waals surface area contributed by atoms with E-state index in [1.807, 2.05) is 0 Å². The van der Waals surface area contributed by atoms with Gasteiger partial charge in [-0.05, 0) is 0 Å². The molecule has 1 aliphatic heterocycles. The molecule has 1 atom stereocenters. The van der Waals surface area contributed by atoms with Crippen LogP contribution in [0.1, 0.15) is 18.0 Å². The molecule has 0 spiro atoms. The third-order valence-electron chi connectivity index (χ3n) is 2.83. The molecule has 102 valence electrons. The molecule has 0 bridgehead atoms. The van der Waals surface area contributed by atoms with E-state index in [9.17, 15) is 20.0 Å². The second kappa shape index (κ2) is 5.01. The second-order valence-electron chi connectivity index (χ2n) is 3.96. The van der Waals surface area contributed by atoms with Gasteiger partial charge >= 0.3 is 6.09 Å². The number of hydrogen-bond donors (Lipinski definition) is 2. The van der Waals surface area contributed by atoms with E-state index in [4.69, 9.17) is 9.47 Å². The van der Waals surface area contributed by atoms with Crippen molar-refractivity contribution in [3.8, 4) is 11.5 Å². The fraction of sp³-hybridized carbons (Fsp3) is 0.364. The fourth-order valence-corrected chi connectivity index (χ4v) is 1.90. The zero-order valence-corrected chi connectivity index (χ0v) is 10.1. The molecule has 8 nitrogen and oxygen atoms in total. The maximum absolute atomic E-state index is 11.2. The third kappa shape index (κ3) is 2.51. The summed E-state index contributed by atoms with van der Waals surface area (Å²) >= 11 is 0. The first-order chi connectivity index (χ1) is 9.02. The number of phenolic OH excluding ortho intramolecular Hbond substituents is 1. The largest absolute Gasteiger partial charge is 0.504 e. The van der Waals surface area contributed by atoms with E-state index < -0.39 is 17.1 Å². The highest BCUT2D eigenvalue weighted by Gasteiger charge is 2.27. The van der Waals surface area contributed by atoms with E-state index >= 15 is 0 Å². The topological polar surface area (TPSA) is 111 Å². The van der Waals surface area contributed by atoms with Crippen LogP contribution >= 0.6 is 0 Å². The number of nitrogens with one attached hydrogen (secondary N) is 1. The normalized spacial score (nSPS) is 18.4. The minimum atomic E-state index is -0.624. The van der Waals surface area contributed by atoms with Crippen molar-refractivity contribution in [1.82, 2.24) is 5.32 Å². The van der Waals surface area contributed by atoms with Crippen LogP contribution in [0.2, 0.25) is 0 Å². The number of ether oxygens (including phenoxy) is 2. The number of benzene rings is 1. The Morgan fingerprint density at radius 1 is 1.58 bits per heavy atom. The Labute approximate surface area is 108 Å². The molecule has 1 aromatic carbocycles. The number of alkyl carbamates (subject to hydrolysis) is 1. The Morgan fingerprint density at radius 2 is 2.32 bits per heavy atom. The monoisotopic (exact) mass is 268 g/mol. The van der Waals surface area contributed by atoms with Crippen LogP contribution in [0.3, 0.4) is 0 Å². The van der Waals surface area contributed by atoms with E-state index in [0.717, 1.165) is 6.07 Å². The van der Waals surface area contributed by atoms with Crippen LogP contribution in [0, 0.1) is 10.1 Å². The number of phenols is 1. The van der Waals surface area contributed by atoms with Crippen LogP contribution < -0.4 is 10.1 Å². The summed E-state index contributed by atoms with van der Waals surface area (Å²) in [5.41, 5.74) is 0.0214. The lowest BCUT2D eigenvalue weighted by Crippen LogP contribution is -2.35. The molecular weight excluding hydrogens is 256 g/mol. The van der Waals surface area contributed by atoms with Crippen LogP contribution in [-0.4, -0.2) is 29.8 Å². The lowest BCUT2D eigenvalue weighted by atomic mass is 10.0. The summed E-state index contributed by atoms with van der Waals surface area (Å²) in [6.45, 7) is 0.181. The number of carbonyl (C=O) groups is 1. The molecule has 0 aliphatic carbocycles. The van der Waals surface area contributed by atoms with Gasteiger partial charge in [0.25, 0.3) is 5.69 Å². The number of cyclic esters (lactones) is 1. The van der Waals surface area contributed by atoms with Gasteiger partial charge < -0.3 is 19.9 Å². The minimum Gasteiger partial charge on any atom is -0.504 e. The maximum atomic E-state index is 11.2. The molecule has 1 aliphatic rings. The fourth-order valence-electron chi connectivity index (χ4n) is 1.90. The van der Waals surface area contributed by atoms with Crippen molar-refractivity contribution in [2.45, 2.75) is 12.5 Å². The third-order valence-corrected chi connectivity index (χ3v) is 2.83. The molecule has 0 aromatic heterocycles. The maximum Gasteiger partial charge on any atom is 0.407 e. The molecular formula is C11H12N2O6. The minimum absolute atomic E-state index is 0.00931. The van der Waals surface area contributed by atoms with Crippen LogP contribution in [-0.2, 0) is 4.74 Å². The second-order valence-corrected chi connectivity index (χ2v) is 3.96. The summed E-state index contributed by atoms with van der Waals surface area (Å²) < 4.78 is 9.60. The Balaban J connectivity index is 2.45. The number of carbonyl (C=O) groups excluding carboxylic acids is 1. The van der Waals surface area contributed by atoms with Crippen LogP contribution in [0.15, 0.2) is 12.1 Å². The van der Waals surface area contributed by atoms with Gasteiger partial charge in [-0.1, -0.05) is 0 Å². The number of aromatic hydroxyl groups is 1. The van der Waals surface area contributed by atoms with Crippen molar-refractivity contribution in [3.63, 3.8) is 0 Å². The predicted molar refractivity (Wildman–Crippen MR) is 63.2 cm³/mol. The first kappa shape index (κ1) is 12.9. The zero-order chi connectivity index (χ0) is 14.0. The average molecular weight is 268 g/mol. The quantitative estimate of drug-likeness (QED) is 0.634. The van der Waals surface area contributed by atoms with Gasteiger partial charge in [0, 0.05) is 18.1 Å². The zero-order valence-electron chi connectivity index (χ0n) is 10.1. The molecule has 1 saturated heterocycles. The van der Waals surface area contributed by atoms with E-state index in [-0.39, 0.29) is 29.4 Å². The summed E-state index contributed by atoms with van der Waals surface area (Å²) in [7, 11) is 1.30. The van der Waals surface area contributed by atoms with E-state index in [1.165, 1.54) is 13.2 Å². The molecule has 0 saturated carbocycles. The number of nitro groups is 1. The standard InChI is InChI=1S/C11H12N2O6/c1-18-9-5-6(13(16)17)4-7(10(9)14)8-2-3-19-11(15)12-8/h4-5,8,14H,2-3H2,1H3,(H,12,15)/t8-/m0/s1. The van der Waals surface area contributed by atoms with Crippen LogP contribution in [0.25, 0.3) is 0 Å². The first-order valence-corrected chi connectivity index (χ1v) is 5.51. The number of nitro benzene ring substituents is 1. The van der Waals surface area contributed by atoms with Gasteiger partial charge in [0.05, 0.1) is 30.7 Å². The van der Waals surface area contributed by atoms with Gasteiger partial charge in [0.2, 0.25) is 0 Å². The molecule has 1 amide bonds. The molecule has 2 rings (SSSR count). The van der Waals surface area contributed by atoms with Gasteiger partial charge in [-0.2, -0.15) is 0 Å². The summed E-state index contributed by atoms with van der Waals surface area (Å²) in [6, 6.07) is 1.80. The Kier molecular flexibility index (Phi) is 3.41. The van der Waals surface area contributed by atoms with Gasteiger partial charge in [0.1, 0.15) is 0 Å². The summed E-state index contributed by atoms with van der Waals surface area (Å²) in [6.07, 6.45) is -0.218. The molecule has 1 heterocycles. The van der Waals surface area contributed by atoms with Gasteiger partial charge in [-0.25, -0.2) is 4.79 Å². The number of hydrogen-bond acceptors (Lipinski definition) is 6. The summed E-state index contributed by atoms with van der Waals surface area (Å²) in [5.74, 6) is -0.231. The highest BCUT2D eigenvalue weighted by atomic mass is 16.6. The molecule has 8 heteroatoms. The highest BCUT2D eigenvalue weighted by Crippen LogP contribution is 2.39. The van der Waals surface area contributed by atoms with Gasteiger partial charge in [-0.15, -0.1) is 0 Å². The molecule has 1 fully saturated rings. The first-order valence-electron chi connectivity index (χ1n) is 5.51. The summed E-state index contributed by atoms with van der Waals surface area (Å²) in [4.78, 5) is 21.4. The Hall–Kier alpha value is -2.51. The molecule has 19 heavy (non-hydrogen) atoms. The van der Waals surface area contributed by atoms with Crippen molar-refractivity contribution < 1.29 is 24.3 Å². The number of nitrogens with zero attached hydrogens (tertiary/aromatic N) is 1. The molecule has 2 N–H and O–H groups in total. The lowest BCUT2D eigenvalue weighted by Gasteiger charge is -2.24. The van der Waals surface area contributed by atoms with Crippen molar-refractivity contribution in [3.05, 3.63) is 27.8 Å². The number of amides is 1. The Bertz CT molecular complexity index is 530. The van der Waals surface area contributed by atoms with E-state index in [0.29, 0.717) is 6.42 Å².